The van der Waals surface area contributed by atoms with Gasteiger partial charge in [-0.1, -0.05) is 25.5 Å². The summed E-state index contributed by atoms with van der Waals surface area (Å²) in [6, 6.07) is 7.56. The van der Waals surface area contributed by atoms with Gasteiger partial charge in [-0.15, -0.1) is 35.3 Å². The number of nitrogens with two attached hydrogens (primary N) is 1. The van der Waals surface area contributed by atoms with Crippen molar-refractivity contribution in [2.24, 2.45) is 10.7 Å². The van der Waals surface area contributed by atoms with Crippen LogP contribution < -0.4 is 16.0 Å². The first-order valence-corrected chi connectivity index (χ1v) is 10.6. The molecule has 3 N–H and O–H groups in total. The number of anilines is 1. The average Bonchev–Trinajstić information content (AvgIpc) is 3.27. The van der Waals surface area contributed by atoms with Gasteiger partial charge >= 0.3 is 0 Å². The number of halogens is 1. The van der Waals surface area contributed by atoms with Crippen LogP contribution >= 0.6 is 35.3 Å². The van der Waals surface area contributed by atoms with Gasteiger partial charge in [-0.3, -0.25) is 4.79 Å². The van der Waals surface area contributed by atoms with Crippen LogP contribution in [-0.2, 0) is 6.54 Å². The maximum absolute atomic E-state index is 12.0. The van der Waals surface area contributed by atoms with Gasteiger partial charge in [0.1, 0.15) is 0 Å². The minimum atomic E-state index is -0.0267. The molecule has 1 amide bonds. The molecule has 158 valence electrons. The van der Waals surface area contributed by atoms with Crippen LogP contribution in [0.2, 0.25) is 0 Å². The van der Waals surface area contributed by atoms with Crippen LogP contribution in [0.1, 0.15) is 35.7 Å². The number of thiazole rings is 1. The Kier molecular flexibility index (Phi) is 9.65. The van der Waals surface area contributed by atoms with Gasteiger partial charge in [0.2, 0.25) is 0 Å². The van der Waals surface area contributed by atoms with E-state index >= 15 is 0 Å². The van der Waals surface area contributed by atoms with E-state index < -0.39 is 0 Å². The number of carbonyl (C=O) groups is 1. The Morgan fingerprint density at radius 2 is 1.97 bits per heavy atom. The molecule has 1 saturated heterocycles. The number of aromatic nitrogens is 1. The van der Waals surface area contributed by atoms with Crippen LogP contribution in [0, 0.1) is 0 Å². The Morgan fingerprint density at radius 1 is 1.24 bits per heavy atom. The third-order valence-electron chi connectivity index (χ3n) is 4.75. The number of nitrogens with zero attached hydrogens (tertiary/aromatic N) is 4. The number of aliphatic imine (C=N–C) groups is 1. The molecular formula is C20H29IN6OS. The molecule has 3 rings (SSSR count). The number of benzene rings is 1. The molecule has 1 aromatic heterocycles. The molecule has 2 aromatic rings. The fourth-order valence-electron chi connectivity index (χ4n) is 3.01. The van der Waals surface area contributed by atoms with Crippen molar-refractivity contribution in [2.75, 3.05) is 37.6 Å². The van der Waals surface area contributed by atoms with Crippen molar-refractivity contribution in [3.05, 3.63) is 47.0 Å². The smallest absolute Gasteiger partial charge is 0.251 e. The van der Waals surface area contributed by atoms with Crippen LogP contribution in [0.5, 0.6) is 0 Å². The van der Waals surface area contributed by atoms with Crippen molar-refractivity contribution in [1.82, 2.24) is 15.2 Å². The van der Waals surface area contributed by atoms with E-state index in [9.17, 15) is 4.79 Å². The SMILES string of the molecule is CCCCNC(=O)c1ccc(CN=C(N)N2CCN(c3nccs3)CC2)cc1.I. The topological polar surface area (TPSA) is 86.8 Å². The second-order valence-electron chi connectivity index (χ2n) is 6.77. The number of unbranched alkanes of at least 4 members (excludes halogenated alkanes) is 1. The molecule has 0 atom stereocenters. The molecular weight excluding hydrogens is 499 g/mol. The van der Waals surface area contributed by atoms with Crippen molar-refractivity contribution in [3.63, 3.8) is 0 Å². The number of piperazine rings is 1. The van der Waals surface area contributed by atoms with E-state index in [-0.39, 0.29) is 29.9 Å². The molecule has 29 heavy (non-hydrogen) atoms. The molecule has 0 spiro atoms. The molecule has 0 radical (unpaired) electrons. The first kappa shape index (κ1) is 23.4. The molecule has 1 aromatic carbocycles. The number of guanidine groups is 1. The summed E-state index contributed by atoms with van der Waals surface area (Å²) < 4.78 is 0. The zero-order valence-corrected chi connectivity index (χ0v) is 19.9. The van der Waals surface area contributed by atoms with Crippen LogP contribution in [0.15, 0.2) is 40.8 Å². The van der Waals surface area contributed by atoms with E-state index in [4.69, 9.17) is 5.73 Å². The Bertz CT molecular complexity index is 773. The number of carbonyl (C=O) groups excluding carboxylic acids is 1. The van der Waals surface area contributed by atoms with Gasteiger partial charge in [0.25, 0.3) is 5.91 Å². The number of amides is 1. The summed E-state index contributed by atoms with van der Waals surface area (Å²) in [5.41, 5.74) is 7.90. The number of hydrogen-bond donors (Lipinski definition) is 2. The molecule has 0 aliphatic carbocycles. The lowest BCUT2D eigenvalue weighted by molar-refractivity contribution is 0.0953. The third kappa shape index (κ3) is 6.84. The Hall–Kier alpha value is -1.88. The average molecular weight is 528 g/mol. The Balaban J connectivity index is 0.00000300. The Labute approximate surface area is 193 Å². The van der Waals surface area contributed by atoms with Crippen LogP contribution in [0.25, 0.3) is 0 Å². The number of rotatable bonds is 7. The van der Waals surface area contributed by atoms with Gasteiger partial charge in [-0.05, 0) is 24.1 Å². The van der Waals surface area contributed by atoms with Crippen LogP contribution in [0.4, 0.5) is 5.13 Å². The fraction of sp³-hybridized carbons (Fsp3) is 0.450. The quantitative estimate of drug-likeness (QED) is 0.250. The Morgan fingerprint density at radius 3 is 2.59 bits per heavy atom. The number of hydrogen-bond acceptors (Lipinski definition) is 5. The monoisotopic (exact) mass is 528 g/mol. The normalized spacial score (nSPS) is 14.4. The molecule has 0 unspecified atom stereocenters. The lowest BCUT2D eigenvalue weighted by Crippen LogP contribution is -2.51. The third-order valence-corrected chi connectivity index (χ3v) is 5.58. The molecule has 1 aliphatic heterocycles. The standard InChI is InChI=1S/C20H28N6OS.HI/c1-2-3-8-22-18(27)17-6-4-16(5-7-17)15-24-19(21)25-10-12-26(13-11-25)20-23-9-14-28-20;/h4-7,9,14H,2-3,8,10-13,15H2,1H3,(H2,21,24)(H,22,27);1H. The summed E-state index contributed by atoms with van der Waals surface area (Å²) in [4.78, 5) is 25.3. The van der Waals surface area contributed by atoms with E-state index in [1.54, 1.807) is 11.3 Å². The summed E-state index contributed by atoms with van der Waals surface area (Å²) in [6.45, 7) is 6.80. The molecule has 0 bridgehead atoms. The molecule has 1 aliphatic rings. The van der Waals surface area contributed by atoms with Gasteiger partial charge in [-0.25, -0.2) is 9.98 Å². The van der Waals surface area contributed by atoms with Gasteiger partial charge in [-0.2, -0.15) is 0 Å². The lowest BCUT2D eigenvalue weighted by Gasteiger charge is -2.35. The van der Waals surface area contributed by atoms with E-state index in [1.165, 1.54) is 0 Å². The molecule has 0 saturated carbocycles. The highest BCUT2D eigenvalue weighted by molar-refractivity contribution is 14.0. The summed E-state index contributed by atoms with van der Waals surface area (Å²) in [5, 5.41) is 5.99. The zero-order chi connectivity index (χ0) is 19.8. The van der Waals surface area contributed by atoms with Gasteiger partial charge in [0.05, 0.1) is 6.54 Å². The molecule has 2 heterocycles. The summed E-state index contributed by atoms with van der Waals surface area (Å²) >= 11 is 1.66. The van der Waals surface area contributed by atoms with Crippen molar-refractivity contribution < 1.29 is 4.79 Å². The van der Waals surface area contributed by atoms with E-state index in [0.29, 0.717) is 24.6 Å². The predicted octanol–water partition coefficient (Wildman–Crippen LogP) is 2.93. The van der Waals surface area contributed by atoms with Gasteiger partial charge in [0, 0.05) is 49.9 Å². The van der Waals surface area contributed by atoms with Crippen LogP contribution in [-0.4, -0.2) is 54.5 Å². The maximum Gasteiger partial charge on any atom is 0.251 e. The summed E-state index contributed by atoms with van der Waals surface area (Å²) in [7, 11) is 0. The van der Waals surface area contributed by atoms with E-state index in [2.05, 4.69) is 32.0 Å². The van der Waals surface area contributed by atoms with Crippen molar-refractivity contribution in [2.45, 2.75) is 26.3 Å². The second-order valence-corrected chi connectivity index (χ2v) is 7.64. The highest BCUT2D eigenvalue weighted by Gasteiger charge is 2.19. The van der Waals surface area contributed by atoms with Crippen molar-refractivity contribution >= 4 is 52.3 Å². The first-order chi connectivity index (χ1) is 13.7. The van der Waals surface area contributed by atoms with Crippen molar-refractivity contribution in [3.8, 4) is 0 Å². The van der Waals surface area contributed by atoms with E-state index in [0.717, 1.165) is 49.7 Å². The maximum atomic E-state index is 12.0. The largest absolute Gasteiger partial charge is 0.370 e. The van der Waals surface area contributed by atoms with Gasteiger partial charge in [0.15, 0.2) is 11.1 Å². The molecule has 9 heteroatoms. The summed E-state index contributed by atoms with van der Waals surface area (Å²) in [5.74, 6) is 0.543. The van der Waals surface area contributed by atoms with Crippen molar-refractivity contribution in [1.29, 1.82) is 0 Å². The van der Waals surface area contributed by atoms with Gasteiger partial charge < -0.3 is 20.9 Å². The zero-order valence-electron chi connectivity index (χ0n) is 16.7. The molecule has 7 nitrogen and oxygen atoms in total. The lowest BCUT2D eigenvalue weighted by atomic mass is 10.1. The van der Waals surface area contributed by atoms with E-state index in [1.807, 2.05) is 35.8 Å². The number of nitrogens with one attached hydrogen (secondary N) is 1. The van der Waals surface area contributed by atoms with Crippen LogP contribution in [0.3, 0.4) is 0 Å². The summed E-state index contributed by atoms with van der Waals surface area (Å²) in [6.07, 6.45) is 3.90. The fourth-order valence-corrected chi connectivity index (χ4v) is 3.71. The predicted molar refractivity (Wildman–Crippen MR) is 130 cm³/mol. The highest BCUT2D eigenvalue weighted by Crippen LogP contribution is 2.18. The highest BCUT2D eigenvalue weighted by atomic mass is 127. The second kappa shape index (κ2) is 12.0. The minimum absolute atomic E-state index is 0. The molecule has 1 fully saturated rings. The first-order valence-electron chi connectivity index (χ1n) is 9.74. The minimum Gasteiger partial charge on any atom is -0.370 e.